The molecule has 1 aliphatic heterocycles. The summed E-state index contributed by atoms with van der Waals surface area (Å²) in [5.74, 6) is -0.0866. The summed E-state index contributed by atoms with van der Waals surface area (Å²) < 4.78 is 0. The average molecular weight is 351 g/mol. The van der Waals surface area contributed by atoms with Crippen molar-refractivity contribution in [2.24, 2.45) is 11.0 Å². The van der Waals surface area contributed by atoms with E-state index in [-0.39, 0.29) is 23.5 Å². The lowest BCUT2D eigenvalue weighted by molar-refractivity contribution is -0.126. The van der Waals surface area contributed by atoms with Crippen LogP contribution in [0, 0.1) is 5.92 Å². The molecule has 134 valence electrons. The molecule has 1 aliphatic rings. The van der Waals surface area contributed by atoms with Gasteiger partial charge in [0.1, 0.15) is 5.75 Å². The van der Waals surface area contributed by atoms with Gasteiger partial charge in [0, 0.05) is 24.6 Å². The first kappa shape index (κ1) is 17.7. The Balaban J connectivity index is 1.47. The van der Waals surface area contributed by atoms with E-state index in [4.69, 9.17) is 0 Å². The molecule has 2 aromatic carbocycles. The number of amides is 2. The molecule has 0 atom stereocenters. The Morgan fingerprint density at radius 2 is 1.69 bits per heavy atom. The van der Waals surface area contributed by atoms with Gasteiger partial charge >= 0.3 is 0 Å². The molecule has 1 heterocycles. The third kappa shape index (κ3) is 4.47. The molecule has 0 spiro atoms. The van der Waals surface area contributed by atoms with Crippen molar-refractivity contribution in [1.82, 2.24) is 10.3 Å². The van der Waals surface area contributed by atoms with Gasteiger partial charge in [0.2, 0.25) is 5.91 Å². The molecule has 3 rings (SSSR count). The maximum Gasteiger partial charge on any atom is 0.253 e. The Kier molecular flexibility index (Phi) is 5.63. The minimum atomic E-state index is -0.146. The number of aromatic hydroxyl groups is 1. The number of carbonyl (C=O) groups is 2. The van der Waals surface area contributed by atoms with E-state index in [0.717, 1.165) is 5.56 Å². The Morgan fingerprint density at radius 1 is 1.04 bits per heavy atom. The third-order valence-electron chi connectivity index (χ3n) is 4.46. The molecule has 2 aromatic rings. The van der Waals surface area contributed by atoms with E-state index in [2.05, 4.69) is 10.5 Å². The van der Waals surface area contributed by atoms with E-state index in [1.54, 1.807) is 41.3 Å². The summed E-state index contributed by atoms with van der Waals surface area (Å²) in [5, 5.41) is 13.2. The molecule has 26 heavy (non-hydrogen) atoms. The zero-order valence-corrected chi connectivity index (χ0v) is 14.3. The molecular formula is C20H21N3O3. The zero-order chi connectivity index (χ0) is 18.4. The minimum absolute atomic E-state index is 0.00908. The molecule has 0 bridgehead atoms. The fourth-order valence-electron chi connectivity index (χ4n) is 2.93. The smallest absolute Gasteiger partial charge is 0.253 e. The molecule has 6 nitrogen and oxygen atoms in total. The van der Waals surface area contributed by atoms with Gasteiger partial charge in [-0.2, -0.15) is 5.10 Å². The highest BCUT2D eigenvalue weighted by Crippen LogP contribution is 2.19. The molecule has 0 saturated carbocycles. The monoisotopic (exact) mass is 351 g/mol. The maximum absolute atomic E-state index is 12.4. The summed E-state index contributed by atoms with van der Waals surface area (Å²) in [6.07, 6.45) is 2.78. The third-order valence-corrected chi connectivity index (χ3v) is 4.46. The van der Waals surface area contributed by atoms with Gasteiger partial charge in [0.15, 0.2) is 0 Å². The summed E-state index contributed by atoms with van der Waals surface area (Å²) >= 11 is 0. The highest BCUT2D eigenvalue weighted by Gasteiger charge is 2.27. The number of nitrogens with zero attached hydrogens (tertiary/aromatic N) is 2. The number of carbonyl (C=O) groups excluding carboxylic acids is 2. The summed E-state index contributed by atoms with van der Waals surface area (Å²) in [6.45, 7) is 1.13. The van der Waals surface area contributed by atoms with Gasteiger partial charge in [-0.05, 0) is 54.8 Å². The lowest BCUT2D eigenvalue weighted by Crippen LogP contribution is -2.42. The normalized spacial score (nSPS) is 15.2. The molecule has 2 N–H and O–H groups in total. The standard InChI is InChI=1S/C20H21N3O3/c24-18-8-6-15(7-9-18)14-21-22-19(25)16-10-12-23(13-11-16)20(26)17-4-2-1-3-5-17/h1-9,14,16,24H,10-13H2,(H,22,25)/b21-14-. The van der Waals surface area contributed by atoms with Crippen molar-refractivity contribution in [2.45, 2.75) is 12.8 Å². The second kappa shape index (κ2) is 8.29. The van der Waals surface area contributed by atoms with Crippen LogP contribution in [0.4, 0.5) is 0 Å². The van der Waals surface area contributed by atoms with Gasteiger partial charge in [0.05, 0.1) is 6.21 Å². The quantitative estimate of drug-likeness (QED) is 0.655. The second-order valence-corrected chi connectivity index (χ2v) is 6.26. The Labute approximate surface area is 152 Å². The van der Waals surface area contributed by atoms with Crippen LogP contribution in [0.3, 0.4) is 0 Å². The molecule has 6 heteroatoms. The zero-order valence-electron chi connectivity index (χ0n) is 14.3. The van der Waals surface area contributed by atoms with E-state index in [9.17, 15) is 14.7 Å². The lowest BCUT2D eigenvalue weighted by atomic mass is 9.95. The average Bonchev–Trinajstić information content (AvgIpc) is 2.69. The topological polar surface area (TPSA) is 82.0 Å². The van der Waals surface area contributed by atoms with Crippen LogP contribution in [0.2, 0.25) is 0 Å². The molecule has 2 amide bonds. The molecular weight excluding hydrogens is 330 g/mol. The molecule has 0 aromatic heterocycles. The van der Waals surface area contributed by atoms with Crippen LogP contribution in [0.1, 0.15) is 28.8 Å². The number of hydrogen-bond donors (Lipinski definition) is 2. The van der Waals surface area contributed by atoms with Crippen molar-refractivity contribution < 1.29 is 14.7 Å². The Morgan fingerprint density at radius 3 is 2.35 bits per heavy atom. The van der Waals surface area contributed by atoms with Crippen molar-refractivity contribution in [3.8, 4) is 5.75 Å². The molecule has 0 unspecified atom stereocenters. The van der Waals surface area contributed by atoms with Crippen molar-refractivity contribution in [3.05, 3.63) is 65.7 Å². The van der Waals surface area contributed by atoms with E-state index in [0.29, 0.717) is 31.5 Å². The van der Waals surface area contributed by atoms with Crippen LogP contribution in [-0.2, 0) is 4.79 Å². The van der Waals surface area contributed by atoms with Crippen LogP contribution in [0.5, 0.6) is 5.75 Å². The van der Waals surface area contributed by atoms with Crippen molar-refractivity contribution in [2.75, 3.05) is 13.1 Å². The van der Waals surface area contributed by atoms with Gasteiger partial charge in [-0.15, -0.1) is 0 Å². The SMILES string of the molecule is O=C(N/N=C\c1ccc(O)cc1)C1CCN(C(=O)c2ccccc2)CC1. The van der Waals surface area contributed by atoms with Crippen LogP contribution >= 0.6 is 0 Å². The van der Waals surface area contributed by atoms with Gasteiger partial charge < -0.3 is 10.0 Å². The summed E-state index contributed by atoms with van der Waals surface area (Å²) in [7, 11) is 0. The molecule has 1 saturated heterocycles. The van der Waals surface area contributed by atoms with E-state index >= 15 is 0 Å². The summed E-state index contributed by atoms with van der Waals surface area (Å²) in [5.41, 5.74) is 4.01. The highest BCUT2D eigenvalue weighted by atomic mass is 16.3. The van der Waals surface area contributed by atoms with Crippen molar-refractivity contribution in [3.63, 3.8) is 0 Å². The van der Waals surface area contributed by atoms with Crippen LogP contribution < -0.4 is 5.43 Å². The highest BCUT2D eigenvalue weighted by molar-refractivity contribution is 5.94. The van der Waals surface area contributed by atoms with Crippen LogP contribution in [-0.4, -0.2) is 41.1 Å². The number of phenolic OH excluding ortho intramolecular Hbond substituents is 1. The number of hydrogen-bond acceptors (Lipinski definition) is 4. The number of nitrogens with one attached hydrogen (secondary N) is 1. The van der Waals surface area contributed by atoms with Crippen LogP contribution in [0.25, 0.3) is 0 Å². The predicted octanol–water partition coefficient (Wildman–Crippen LogP) is 2.39. The fraction of sp³-hybridized carbons (Fsp3) is 0.250. The van der Waals surface area contributed by atoms with Gasteiger partial charge in [0.25, 0.3) is 5.91 Å². The van der Waals surface area contributed by atoms with Gasteiger partial charge in [-0.3, -0.25) is 9.59 Å². The molecule has 1 fully saturated rings. The van der Waals surface area contributed by atoms with Crippen molar-refractivity contribution >= 4 is 18.0 Å². The van der Waals surface area contributed by atoms with Crippen LogP contribution in [0.15, 0.2) is 59.7 Å². The number of piperidine rings is 1. The first-order valence-electron chi connectivity index (χ1n) is 8.60. The second-order valence-electron chi connectivity index (χ2n) is 6.26. The van der Waals surface area contributed by atoms with E-state index < -0.39 is 0 Å². The number of benzene rings is 2. The maximum atomic E-state index is 12.4. The number of phenols is 1. The number of likely N-dealkylation sites (tertiary alicyclic amines) is 1. The first-order chi connectivity index (χ1) is 12.6. The largest absolute Gasteiger partial charge is 0.508 e. The van der Waals surface area contributed by atoms with Gasteiger partial charge in [-0.25, -0.2) is 5.43 Å². The lowest BCUT2D eigenvalue weighted by Gasteiger charge is -2.31. The molecule has 0 aliphatic carbocycles. The van der Waals surface area contributed by atoms with E-state index in [1.807, 2.05) is 18.2 Å². The summed E-state index contributed by atoms with van der Waals surface area (Å²) in [6, 6.07) is 15.7. The Hall–Kier alpha value is -3.15. The predicted molar refractivity (Wildman–Crippen MR) is 98.9 cm³/mol. The first-order valence-corrected chi connectivity index (χ1v) is 8.60. The molecule has 0 radical (unpaired) electrons. The van der Waals surface area contributed by atoms with Gasteiger partial charge in [-0.1, -0.05) is 18.2 Å². The summed E-state index contributed by atoms with van der Waals surface area (Å²) in [4.78, 5) is 26.4. The Bertz CT molecular complexity index is 780. The fourth-order valence-corrected chi connectivity index (χ4v) is 2.93. The number of hydrazone groups is 1. The number of rotatable bonds is 4. The minimum Gasteiger partial charge on any atom is -0.508 e. The van der Waals surface area contributed by atoms with E-state index in [1.165, 1.54) is 6.21 Å². The van der Waals surface area contributed by atoms with Crippen molar-refractivity contribution in [1.29, 1.82) is 0 Å².